The third-order valence-electron chi connectivity index (χ3n) is 2.63. The molecule has 8 nitrogen and oxygen atoms in total. The van der Waals surface area contributed by atoms with E-state index in [2.05, 4.69) is 20.9 Å². The number of rotatable bonds is 4. The van der Waals surface area contributed by atoms with E-state index >= 15 is 0 Å². The van der Waals surface area contributed by atoms with Gasteiger partial charge in [-0.25, -0.2) is 9.48 Å². The molecule has 2 rings (SSSR count). The quantitative estimate of drug-likeness (QED) is 0.878. The average Bonchev–Trinajstić information content (AvgIpc) is 2.84. The van der Waals surface area contributed by atoms with Crippen molar-refractivity contribution in [1.82, 2.24) is 19.9 Å². The first-order valence-electron chi connectivity index (χ1n) is 6.48. The molecule has 3 amide bonds. The molecule has 122 valence electrons. The van der Waals surface area contributed by atoms with Crippen LogP contribution in [0.5, 0.6) is 0 Å². The lowest BCUT2D eigenvalue weighted by Gasteiger charge is -2.09. The van der Waals surface area contributed by atoms with E-state index in [1.165, 1.54) is 15.8 Å². The summed E-state index contributed by atoms with van der Waals surface area (Å²) in [4.78, 5) is 24.8. The fraction of sp³-hybridized carbons (Fsp3) is 0.231. The van der Waals surface area contributed by atoms with E-state index in [0.29, 0.717) is 15.7 Å². The summed E-state index contributed by atoms with van der Waals surface area (Å²) >= 11 is 11.7. The van der Waals surface area contributed by atoms with Gasteiger partial charge in [-0.15, -0.1) is 5.10 Å². The van der Waals surface area contributed by atoms with Crippen molar-refractivity contribution < 1.29 is 9.59 Å². The normalized spacial score (nSPS) is 10.3. The SMILES string of the molecule is CN(C)C(=O)Nc1cn(CC(=O)Nc2cc(Cl)cc(Cl)c2)nn1. The summed E-state index contributed by atoms with van der Waals surface area (Å²) in [6.45, 7) is -0.0744. The Bertz CT molecular complexity index is 711. The Morgan fingerprint density at radius 1 is 1.17 bits per heavy atom. The van der Waals surface area contributed by atoms with Crippen molar-refractivity contribution in [3.63, 3.8) is 0 Å². The van der Waals surface area contributed by atoms with Gasteiger partial charge in [0.25, 0.3) is 0 Å². The summed E-state index contributed by atoms with van der Waals surface area (Å²) in [6.07, 6.45) is 1.45. The number of nitrogens with zero attached hydrogens (tertiary/aromatic N) is 4. The minimum absolute atomic E-state index is 0.0744. The van der Waals surface area contributed by atoms with E-state index in [1.54, 1.807) is 32.3 Å². The average molecular weight is 357 g/mol. The van der Waals surface area contributed by atoms with Gasteiger partial charge in [-0.05, 0) is 18.2 Å². The number of halogens is 2. The monoisotopic (exact) mass is 356 g/mol. The van der Waals surface area contributed by atoms with Gasteiger partial charge in [0.2, 0.25) is 5.91 Å². The zero-order valence-electron chi connectivity index (χ0n) is 12.4. The molecule has 0 bridgehead atoms. The molecular formula is C13H14Cl2N6O2. The lowest BCUT2D eigenvalue weighted by Crippen LogP contribution is -2.27. The van der Waals surface area contributed by atoms with E-state index in [1.807, 2.05) is 0 Å². The van der Waals surface area contributed by atoms with Crippen LogP contribution in [0.3, 0.4) is 0 Å². The second kappa shape index (κ2) is 7.30. The second-order valence-corrected chi connectivity index (χ2v) is 5.71. The molecule has 2 aromatic rings. The Hall–Kier alpha value is -2.32. The molecule has 0 spiro atoms. The van der Waals surface area contributed by atoms with Crippen LogP contribution in [-0.4, -0.2) is 45.9 Å². The van der Waals surface area contributed by atoms with Crippen molar-refractivity contribution in [2.45, 2.75) is 6.54 Å². The number of benzene rings is 1. The Kier molecular flexibility index (Phi) is 5.41. The lowest BCUT2D eigenvalue weighted by molar-refractivity contribution is -0.116. The highest BCUT2D eigenvalue weighted by atomic mass is 35.5. The predicted octanol–water partition coefficient (Wildman–Crippen LogP) is 2.32. The van der Waals surface area contributed by atoms with Crippen molar-refractivity contribution in [2.24, 2.45) is 0 Å². The Balaban J connectivity index is 1.95. The van der Waals surface area contributed by atoms with Crippen LogP contribution in [-0.2, 0) is 11.3 Å². The number of hydrogen-bond donors (Lipinski definition) is 2. The molecule has 1 heterocycles. The number of urea groups is 1. The first kappa shape index (κ1) is 17.0. The number of nitrogens with one attached hydrogen (secondary N) is 2. The topological polar surface area (TPSA) is 92.2 Å². The number of anilines is 2. The van der Waals surface area contributed by atoms with E-state index in [4.69, 9.17) is 23.2 Å². The van der Waals surface area contributed by atoms with Gasteiger partial charge in [0.05, 0.1) is 6.20 Å². The summed E-state index contributed by atoms with van der Waals surface area (Å²) in [5, 5.41) is 13.5. The van der Waals surface area contributed by atoms with Crippen molar-refractivity contribution in [2.75, 3.05) is 24.7 Å². The fourth-order valence-corrected chi connectivity index (χ4v) is 2.15. The molecule has 0 unspecified atom stereocenters. The molecule has 0 saturated carbocycles. The van der Waals surface area contributed by atoms with E-state index in [-0.39, 0.29) is 24.3 Å². The summed E-state index contributed by atoms with van der Waals surface area (Å²) in [6, 6.07) is 4.39. The summed E-state index contributed by atoms with van der Waals surface area (Å²) < 4.78 is 1.30. The molecule has 2 N–H and O–H groups in total. The first-order valence-corrected chi connectivity index (χ1v) is 7.23. The Morgan fingerprint density at radius 2 is 1.83 bits per heavy atom. The molecule has 0 radical (unpaired) electrons. The molecule has 0 atom stereocenters. The molecule has 0 aliphatic carbocycles. The van der Waals surface area contributed by atoms with Crippen LogP contribution in [0.1, 0.15) is 0 Å². The van der Waals surface area contributed by atoms with E-state index in [0.717, 1.165) is 0 Å². The smallest absolute Gasteiger partial charge is 0.322 e. The third kappa shape index (κ3) is 5.11. The van der Waals surface area contributed by atoms with Crippen LogP contribution in [0.2, 0.25) is 10.0 Å². The van der Waals surface area contributed by atoms with Gasteiger partial charge in [-0.1, -0.05) is 28.4 Å². The minimum atomic E-state index is -0.338. The maximum atomic E-state index is 12.0. The third-order valence-corrected chi connectivity index (χ3v) is 3.07. The Labute approximate surface area is 142 Å². The number of carbonyl (C=O) groups is 2. The minimum Gasteiger partial charge on any atom is -0.331 e. The van der Waals surface area contributed by atoms with Gasteiger partial charge in [-0.2, -0.15) is 0 Å². The number of hydrogen-bond acceptors (Lipinski definition) is 4. The van der Waals surface area contributed by atoms with Crippen LogP contribution in [0, 0.1) is 0 Å². The highest BCUT2D eigenvalue weighted by Crippen LogP contribution is 2.22. The van der Waals surface area contributed by atoms with Crippen molar-refractivity contribution in [3.05, 3.63) is 34.4 Å². The highest BCUT2D eigenvalue weighted by molar-refractivity contribution is 6.35. The number of carbonyl (C=O) groups excluding carboxylic acids is 2. The zero-order valence-corrected chi connectivity index (χ0v) is 13.9. The molecule has 10 heteroatoms. The van der Waals surface area contributed by atoms with Gasteiger partial charge in [0.15, 0.2) is 5.82 Å². The van der Waals surface area contributed by atoms with E-state index in [9.17, 15) is 9.59 Å². The molecule has 23 heavy (non-hydrogen) atoms. The molecule has 1 aromatic heterocycles. The van der Waals surface area contributed by atoms with Crippen LogP contribution < -0.4 is 10.6 Å². The van der Waals surface area contributed by atoms with Crippen LogP contribution in [0.25, 0.3) is 0 Å². The molecule has 1 aromatic carbocycles. The summed E-state index contributed by atoms with van der Waals surface area (Å²) in [5.74, 6) is -0.0824. The standard InChI is InChI=1S/C13H14Cl2N6O2/c1-20(2)13(23)17-11-6-21(19-18-11)7-12(22)16-10-4-8(14)3-9(15)5-10/h3-6H,7H2,1-2H3,(H,16,22)(H,17,23). The number of amides is 3. The largest absolute Gasteiger partial charge is 0.331 e. The van der Waals surface area contributed by atoms with Gasteiger partial charge in [0, 0.05) is 29.8 Å². The molecule has 0 aliphatic rings. The number of aromatic nitrogens is 3. The zero-order chi connectivity index (χ0) is 17.0. The molecule has 0 saturated heterocycles. The predicted molar refractivity (Wildman–Crippen MR) is 87.8 cm³/mol. The Morgan fingerprint density at radius 3 is 2.43 bits per heavy atom. The van der Waals surface area contributed by atoms with E-state index < -0.39 is 0 Å². The lowest BCUT2D eigenvalue weighted by atomic mass is 10.3. The van der Waals surface area contributed by atoms with Crippen molar-refractivity contribution in [1.29, 1.82) is 0 Å². The first-order chi connectivity index (χ1) is 10.8. The van der Waals surface area contributed by atoms with Crippen LogP contribution in [0.15, 0.2) is 24.4 Å². The molecular weight excluding hydrogens is 343 g/mol. The van der Waals surface area contributed by atoms with Gasteiger partial charge < -0.3 is 10.2 Å². The van der Waals surface area contributed by atoms with Crippen LogP contribution >= 0.6 is 23.2 Å². The maximum absolute atomic E-state index is 12.0. The van der Waals surface area contributed by atoms with Gasteiger partial charge in [-0.3, -0.25) is 10.1 Å². The summed E-state index contributed by atoms with van der Waals surface area (Å²) in [7, 11) is 3.20. The maximum Gasteiger partial charge on any atom is 0.322 e. The fourth-order valence-electron chi connectivity index (χ4n) is 1.63. The molecule has 0 fully saturated rings. The summed E-state index contributed by atoms with van der Waals surface area (Å²) in [5.41, 5.74) is 0.480. The molecule has 0 aliphatic heterocycles. The second-order valence-electron chi connectivity index (χ2n) is 4.83. The van der Waals surface area contributed by atoms with Gasteiger partial charge in [0.1, 0.15) is 6.54 Å². The van der Waals surface area contributed by atoms with Gasteiger partial charge >= 0.3 is 6.03 Å². The van der Waals surface area contributed by atoms with Crippen LogP contribution in [0.4, 0.5) is 16.3 Å². The van der Waals surface area contributed by atoms with Crippen molar-refractivity contribution >= 4 is 46.6 Å². The van der Waals surface area contributed by atoms with Crippen molar-refractivity contribution in [3.8, 4) is 0 Å². The highest BCUT2D eigenvalue weighted by Gasteiger charge is 2.10.